The van der Waals surface area contributed by atoms with Gasteiger partial charge in [-0.2, -0.15) is 0 Å². The van der Waals surface area contributed by atoms with Crippen molar-refractivity contribution in [3.63, 3.8) is 0 Å². The van der Waals surface area contributed by atoms with Crippen LogP contribution in [0, 0.1) is 6.92 Å². The Kier molecular flexibility index (Phi) is 2.86. The van der Waals surface area contributed by atoms with Crippen LogP contribution in [0.4, 0.5) is 0 Å². The van der Waals surface area contributed by atoms with Gasteiger partial charge in [0.05, 0.1) is 6.20 Å². The van der Waals surface area contributed by atoms with Crippen molar-refractivity contribution >= 4 is 0 Å². The molecule has 3 nitrogen and oxygen atoms in total. The molecule has 0 amide bonds. The summed E-state index contributed by atoms with van der Waals surface area (Å²) in [5, 5.41) is 0. The van der Waals surface area contributed by atoms with Gasteiger partial charge in [0, 0.05) is 12.7 Å². The Bertz CT molecular complexity index is 225. The van der Waals surface area contributed by atoms with Crippen LogP contribution in [-0.4, -0.2) is 18.1 Å². The maximum Gasteiger partial charge on any atom is 0.140 e. The number of aryl methyl sites for hydroxylation is 1. The Morgan fingerprint density at radius 2 is 2.45 bits per heavy atom. The molecule has 0 saturated carbocycles. The molecule has 0 unspecified atom stereocenters. The molecule has 2 N–H and O–H groups in total. The molecule has 0 saturated heterocycles. The second-order valence-corrected chi connectivity index (χ2v) is 2.28. The van der Waals surface area contributed by atoms with Crippen LogP contribution in [0.2, 0.25) is 0 Å². The average molecular weight is 152 g/mol. The number of pyridine rings is 1. The minimum absolute atomic E-state index is 0.536. The SMILES string of the molecule is Cc1ccncc1OCCN. The first-order valence-electron chi connectivity index (χ1n) is 3.58. The van der Waals surface area contributed by atoms with E-state index in [1.807, 2.05) is 13.0 Å². The highest BCUT2D eigenvalue weighted by Gasteiger charge is 1.95. The average Bonchev–Trinajstić information content (AvgIpc) is 2.03. The summed E-state index contributed by atoms with van der Waals surface area (Å²) in [7, 11) is 0. The van der Waals surface area contributed by atoms with Crippen molar-refractivity contribution in [3.8, 4) is 5.75 Å². The van der Waals surface area contributed by atoms with Crippen molar-refractivity contribution in [1.82, 2.24) is 4.98 Å². The number of hydrogen-bond acceptors (Lipinski definition) is 3. The normalized spacial score (nSPS) is 9.64. The molecule has 1 aromatic heterocycles. The fourth-order valence-corrected chi connectivity index (χ4v) is 0.770. The van der Waals surface area contributed by atoms with Crippen LogP contribution in [0.25, 0.3) is 0 Å². The lowest BCUT2D eigenvalue weighted by molar-refractivity contribution is 0.325. The number of rotatable bonds is 3. The van der Waals surface area contributed by atoms with Crippen molar-refractivity contribution in [1.29, 1.82) is 0 Å². The summed E-state index contributed by atoms with van der Waals surface area (Å²) < 4.78 is 5.30. The Morgan fingerprint density at radius 1 is 1.64 bits per heavy atom. The molecule has 0 atom stereocenters. The van der Waals surface area contributed by atoms with Crippen LogP contribution in [0.15, 0.2) is 18.5 Å². The predicted octanol–water partition coefficient (Wildman–Crippen LogP) is 0.728. The van der Waals surface area contributed by atoms with E-state index in [4.69, 9.17) is 10.5 Å². The van der Waals surface area contributed by atoms with E-state index in [1.165, 1.54) is 0 Å². The minimum Gasteiger partial charge on any atom is -0.490 e. The third kappa shape index (κ3) is 2.20. The van der Waals surface area contributed by atoms with Crippen molar-refractivity contribution < 1.29 is 4.74 Å². The summed E-state index contributed by atoms with van der Waals surface area (Å²) >= 11 is 0. The lowest BCUT2D eigenvalue weighted by atomic mass is 10.3. The topological polar surface area (TPSA) is 48.1 Å². The first kappa shape index (κ1) is 8.01. The van der Waals surface area contributed by atoms with E-state index in [-0.39, 0.29) is 0 Å². The Labute approximate surface area is 66.2 Å². The lowest BCUT2D eigenvalue weighted by Crippen LogP contribution is -2.11. The summed E-state index contributed by atoms with van der Waals surface area (Å²) in [5.41, 5.74) is 6.37. The minimum atomic E-state index is 0.536. The summed E-state index contributed by atoms with van der Waals surface area (Å²) in [6.45, 7) is 3.06. The van der Waals surface area contributed by atoms with Crippen molar-refractivity contribution in [2.45, 2.75) is 6.92 Å². The smallest absolute Gasteiger partial charge is 0.140 e. The molecule has 0 radical (unpaired) electrons. The molecular formula is C8H12N2O. The predicted molar refractivity (Wildman–Crippen MR) is 43.5 cm³/mol. The van der Waals surface area contributed by atoms with Gasteiger partial charge in [0.15, 0.2) is 0 Å². The van der Waals surface area contributed by atoms with Gasteiger partial charge in [-0.1, -0.05) is 0 Å². The molecule has 1 heterocycles. The Morgan fingerprint density at radius 3 is 3.09 bits per heavy atom. The van der Waals surface area contributed by atoms with Crippen LogP contribution < -0.4 is 10.5 Å². The molecule has 0 aromatic carbocycles. The van der Waals surface area contributed by atoms with Gasteiger partial charge < -0.3 is 10.5 Å². The molecule has 1 rings (SSSR count). The molecule has 1 aromatic rings. The maximum atomic E-state index is 5.30. The molecule has 0 fully saturated rings. The fraction of sp³-hybridized carbons (Fsp3) is 0.375. The zero-order valence-corrected chi connectivity index (χ0v) is 6.58. The summed E-state index contributed by atoms with van der Waals surface area (Å²) in [5.74, 6) is 0.818. The summed E-state index contributed by atoms with van der Waals surface area (Å²) in [4.78, 5) is 3.93. The van der Waals surface area contributed by atoms with Crippen LogP contribution >= 0.6 is 0 Å². The summed E-state index contributed by atoms with van der Waals surface area (Å²) in [6, 6.07) is 1.91. The van der Waals surface area contributed by atoms with E-state index in [0.717, 1.165) is 11.3 Å². The van der Waals surface area contributed by atoms with E-state index >= 15 is 0 Å². The van der Waals surface area contributed by atoms with Gasteiger partial charge in [0.1, 0.15) is 12.4 Å². The largest absolute Gasteiger partial charge is 0.490 e. The molecule has 0 aliphatic carbocycles. The van der Waals surface area contributed by atoms with E-state index in [1.54, 1.807) is 12.4 Å². The number of ether oxygens (including phenoxy) is 1. The first-order chi connectivity index (χ1) is 5.34. The van der Waals surface area contributed by atoms with E-state index in [9.17, 15) is 0 Å². The zero-order chi connectivity index (χ0) is 8.10. The quantitative estimate of drug-likeness (QED) is 0.694. The number of nitrogens with zero attached hydrogens (tertiary/aromatic N) is 1. The molecule has 0 aliphatic rings. The van der Waals surface area contributed by atoms with Gasteiger partial charge in [-0.05, 0) is 18.6 Å². The van der Waals surface area contributed by atoms with Gasteiger partial charge in [-0.3, -0.25) is 4.98 Å². The van der Waals surface area contributed by atoms with Crippen LogP contribution in [0.3, 0.4) is 0 Å². The second-order valence-electron chi connectivity index (χ2n) is 2.28. The van der Waals surface area contributed by atoms with Crippen LogP contribution in [0.1, 0.15) is 5.56 Å². The highest BCUT2D eigenvalue weighted by molar-refractivity contribution is 5.27. The molecule has 0 aliphatic heterocycles. The van der Waals surface area contributed by atoms with Crippen molar-refractivity contribution in [2.24, 2.45) is 5.73 Å². The third-order valence-electron chi connectivity index (χ3n) is 1.37. The first-order valence-corrected chi connectivity index (χ1v) is 3.58. The lowest BCUT2D eigenvalue weighted by Gasteiger charge is -2.05. The fourth-order valence-electron chi connectivity index (χ4n) is 0.770. The van der Waals surface area contributed by atoms with Crippen LogP contribution in [0.5, 0.6) is 5.75 Å². The van der Waals surface area contributed by atoms with Gasteiger partial charge in [0.25, 0.3) is 0 Å². The maximum absolute atomic E-state index is 5.30. The van der Waals surface area contributed by atoms with Gasteiger partial charge in [-0.25, -0.2) is 0 Å². The second kappa shape index (κ2) is 3.93. The number of nitrogens with two attached hydrogens (primary N) is 1. The van der Waals surface area contributed by atoms with Crippen molar-refractivity contribution in [3.05, 3.63) is 24.0 Å². The third-order valence-corrected chi connectivity index (χ3v) is 1.37. The van der Waals surface area contributed by atoms with Crippen molar-refractivity contribution in [2.75, 3.05) is 13.2 Å². The highest BCUT2D eigenvalue weighted by Crippen LogP contribution is 2.13. The molecule has 0 spiro atoms. The van der Waals surface area contributed by atoms with Gasteiger partial charge >= 0.3 is 0 Å². The molecule has 0 bridgehead atoms. The van der Waals surface area contributed by atoms with Gasteiger partial charge in [-0.15, -0.1) is 0 Å². The number of aromatic nitrogens is 1. The molecule has 60 valence electrons. The molecular weight excluding hydrogens is 140 g/mol. The summed E-state index contributed by atoms with van der Waals surface area (Å²) in [6.07, 6.45) is 3.44. The van der Waals surface area contributed by atoms with E-state index in [0.29, 0.717) is 13.2 Å². The molecule has 11 heavy (non-hydrogen) atoms. The standard InChI is InChI=1S/C8H12N2O/c1-7-2-4-10-6-8(7)11-5-3-9/h2,4,6H,3,5,9H2,1H3. The van der Waals surface area contributed by atoms with E-state index in [2.05, 4.69) is 4.98 Å². The zero-order valence-electron chi connectivity index (χ0n) is 6.58. The highest BCUT2D eigenvalue weighted by atomic mass is 16.5. The van der Waals surface area contributed by atoms with E-state index < -0.39 is 0 Å². The Balaban J connectivity index is 2.62. The van der Waals surface area contributed by atoms with Gasteiger partial charge in [0.2, 0.25) is 0 Å². The Hall–Kier alpha value is -1.09. The number of hydrogen-bond donors (Lipinski definition) is 1. The van der Waals surface area contributed by atoms with Crippen LogP contribution in [-0.2, 0) is 0 Å². The monoisotopic (exact) mass is 152 g/mol. The molecule has 3 heteroatoms.